The van der Waals surface area contributed by atoms with Crippen LogP contribution in [-0.2, 0) is 4.79 Å². The van der Waals surface area contributed by atoms with Crippen LogP contribution in [0.15, 0.2) is 30.3 Å². The summed E-state index contributed by atoms with van der Waals surface area (Å²) in [5, 5.41) is 14.5. The van der Waals surface area contributed by atoms with Crippen LogP contribution < -0.4 is 15.4 Å². The number of benzene rings is 1. The molecule has 0 aliphatic carbocycles. The molecule has 1 atom stereocenters. The summed E-state index contributed by atoms with van der Waals surface area (Å²) in [4.78, 5) is 23.2. The molecule has 0 aromatic heterocycles. The molecule has 0 heterocycles. The third-order valence-corrected chi connectivity index (χ3v) is 3.20. The van der Waals surface area contributed by atoms with E-state index in [1.54, 1.807) is 24.3 Å². The highest BCUT2D eigenvalue weighted by Crippen LogP contribution is 2.12. The smallest absolute Gasteiger partial charge is 0.332 e. The molecule has 2 amide bonds. The van der Waals surface area contributed by atoms with Gasteiger partial charge in [-0.15, -0.1) is 0 Å². The van der Waals surface area contributed by atoms with Crippen molar-refractivity contribution >= 4 is 12.0 Å². The van der Waals surface area contributed by atoms with Crippen molar-refractivity contribution in [3.05, 3.63) is 30.3 Å². The Morgan fingerprint density at radius 1 is 1.23 bits per heavy atom. The number of carbonyl (C=O) groups excluding carboxylic acids is 1. The third kappa shape index (κ3) is 6.03. The lowest BCUT2D eigenvalue weighted by Gasteiger charge is -2.26. The summed E-state index contributed by atoms with van der Waals surface area (Å²) in [5.74, 6) is -0.590. The van der Waals surface area contributed by atoms with Crippen molar-refractivity contribution in [1.29, 1.82) is 0 Å². The monoisotopic (exact) mass is 308 g/mol. The highest BCUT2D eigenvalue weighted by Gasteiger charge is 2.36. The van der Waals surface area contributed by atoms with E-state index in [0.717, 1.165) is 19.3 Å². The van der Waals surface area contributed by atoms with E-state index in [4.69, 9.17) is 4.74 Å². The number of aliphatic carboxylic acids is 1. The van der Waals surface area contributed by atoms with E-state index in [2.05, 4.69) is 17.6 Å². The van der Waals surface area contributed by atoms with Gasteiger partial charge >= 0.3 is 12.0 Å². The van der Waals surface area contributed by atoms with Crippen LogP contribution in [0, 0.1) is 0 Å². The van der Waals surface area contributed by atoms with Crippen LogP contribution in [-0.4, -0.2) is 35.8 Å². The standard InChI is InChI=1S/C16H24N2O4/c1-3-4-8-11-17-15(21)18-16(2,14(19)20)12-22-13-9-6-5-7-10-13/h5-7,9-10H,3-4,8,11-12H2,1-2H3,(H,19,20)(H2,17,18,21). The van der Waals surface area contributed by atoms with Crippen LogP contribution in [0.5, 0.6) is 5.75 Å². The van der Waals surface area contributed by atoms with Crippen molar-refractivity contribution in [3.63, 3.8) is 0 Å². The Morgan fingerprint density at radius 3 is 2.50 bits per heavy atom. The second kappa shape index (κ2) is 8.92. The fourth-order valence-corrected chi connectivity index (χ4v) is 1.77. The maximum absolute atomic E-state index is 11.8. The van der Waals surface area contributed by atoms with Gasteiger partial charge in [0.05, 0.1) is 0 Å². The Kier molecular flexibility index (Phi) is 7.22. The maximum Gasteiger partial charge on any atom is 0.332 e. The number of carboxylic acid groups (broad SMARTS) is 1. The fourth-order valence-electron chi connectivity index (χ4n) is 1.77. The Bertz CT molecular complexity index is 478. The molecule has 0 saturated heterocycles. The van der Waals surface area contributed by atoms with Crippen molar-refractivity contribution in [2.24, 2.45) is 0 Å². The van der Waals surface area contributed by atoms with Crippen LogP contribution in [0.4, 0.5) is 4.79 Å². The second-order valence-electron chi connectivity index (χ2n) is 5.33. The molecule has 1 aromatic carbocycles. The third-order valence-electron chi connectivity index (χ3n) is 3.20. The Morgan fingerprint density at radius 2 is 1.91 bits per heavy atom. The zero-order valence-electron chi connectivity index (χ0n) is 13.1. The second-order valence-corrected chi connectivity index (χ2v) is 5.33. The molecule has 22 heavy (non-hydrogen) atoms. The molecular formula is C16H24N2O4. The lowest BCUT2D eigenvalue weighted by molar-refractivity contribution is -0.144. The molecule has 0 aliphatic heterocycles. The van der Waals surface area contributed by atoms with Crippen molar-refractivity contribution in [2.75, 3.05) is 13.2 Å². The number of rotatable bonds is 9. The van der Waals surface area contributed by atoms with Crippen molar-refractivity contribution in [3.8, 4) is 5.75 Å². The van der Waals surface area contributed by atoms with E-state index in [9.17, 15) is 14.7 Å². The number of urea groups is 1. The first-order valence-electron chi connectivity index (χ1n) is 7.45. The zero-order chi connectivity index (χ0) is 16.4. The Balaban J connectivity index is 2.51. The van der Waals surface area contributed by atoms with E-state index in [1.807, 2.05) is 6.07 Å². The zero-order valence-corrected chi connectivity index (χ0v) is 13.1. The first-order chi connectivity index (χ1) is 10.5. The summed E-state index contributed by atoms with van der Waals surface area (Å²) in [5.41, 5.74) is -1.50. The van der Waals surface area contributed by atoms with Gasteiger partial charge < -0.3 is 20.5 Å². The Hall–Kier alpha value is -2.24. The van der Waals surface area contributed by atoms with Crippen LogP contribution in [0.2, 0.25) is 0 Å². The number of unbranched alkanes of at least 4 members (excludes halogenated alkanes) is 2. The quantitative estimate of drug-likeness (QED) is 0.611. The number of hydrogen-bond donors (Lipinski definition) is 3. The summed E-state index contributed by atoms with van der Waals surface area (Å²) in [6.07, 6.45) is 2.95. The minimum Gasteiger partial charge on any atom is -0.491 e. The van der Waals surface area contributed by atoms with Gasteiger partial charge in [0.2, 0.25) is 0 Å². The fraction of sp³-hybridized carbons (Fsp3) is 0.500. The van der Waals surface area contributed by atoms with Gasteiger partial charge in [0.25, 0.3) is 0 Å². The normalized spacial score (nSPS) is 13.0. The van der Waals surface area contributed by atoms with E-state index in [1.165, 1.54) is 6.92 Å². The Labute approximate surface area is 130 Å². The molecule has 0 spiro atoms. The van der Waals surface area contributed by atoms with Gasteiger partial charge in [-0.25, -0.2) is 9.59 Å². The predicted octanol–water partition coefficient (Wildman–Crippen LogP) is 2.40. The van der Waals surface area contributed by atoms with Gasteiger partial charge in [0.1, 0.15) is 12.4 Å². The summed E-state index contributed by atoms with van der Waals surface area (Å²) in [6, 6.07) is 8.38. The minimum atomic E-state index is -1.50. The van der Waals surface area contributed by atoms with Gasteiger partial charge in [0.15, 0.2) is 5.54 Å². The van der Waals surface area contributed by atoms with Crippen LogP contribution in [0.25, 0.3) is 0 Å². The first-order valence-corrected chi connectivity index (χ1v) is 7.45. The number of carboxylic acids is 1. The molecule has 3 N–H and O–H groups in total. The molecule has 122 valence electrons. The summed E-state index contributed by atoms with van der Waals surface area (Å²) in [7, 11) is 0. The van der Waals surface area contributed by atoms with Crippen LogP contribution in [0.1, 0.15) is 33.1 Å². The van der Waals surface area contributed by atoms with Gasteiger partial charge in [-0.05, 0) is 25.5 Å². The lowest BCUT2D eigenvalue weighted by atomic mass is 10.0. The number of carbonyl (C=O) groups is 2. The summed E-state index contributed by atoms with van der Waals surface area (Å²) < 4.78 is 5.45. The number of ether oxygens (including phenoxy) is 1. The van der Waals surface area contributed by atoms with Gasteiger partial charge in [-0.2, -0.15) is 0 Å². The molecular weight excluding hydrogens is 284 g/mol. The molecule has 1 rings (SSSR count). The minimum absolute atomic E-state index is 0.158. The van der Waals surface area contributed by atoms with Crippen LogP contribution in [0.3, 0.4) is 0 Å². The molecule has 0 aliphatic rings. The number of para-hydroxylation sites is 1. The number of hydrogen-bond acceptors (Lipinski definition) is 3. The average Bonchev–Trinajstić information content (AvgIpc) is 2.50. The van der Waals surface area contributed by atoms with E-state index in [0.29, 0.717) is 12.3 Å². The molecule has 1 aromatic rings. The van der Waals surface area contributed by atoms with E-state index >= 15 is 0 Å². The molecule has 0 saturated carbocycles. The molecule has 0 fully saturated rings. The predicted molar refractivity (Wildman–Crippen MR) is 84.0 cm³/mol. The van der Waals surface area contributed by atoms with Gasteiger partial charge in [-0.1, -0.05) is 38.0 Å². The molecule has 1 unspecified atom stereocenters. The topological polar surface area (TPSA) is 87.7 Å². The molecule has 0 bridgehead atoms. The van der Waals surface area contributed by atoms with Gasteiger partial charge in [-0.3, -0.25) is 0 Å². The number of nitrogens with one attached hydrogen (secondary N) is 2. The SMILES string of the molecule is CCCCCNC(=O)NC(C)(COc1ccccc1)C(=O)O. The van der Waals surface area contributed by atoms with Crippen molar-refractivity contribution in [2.45, 2.75) is 38.6 Å². The van der Waals surface area contributed by atoms with Crippen molar-refractivity contribution < 1.29 is 19.4 Å². The van der Waals surface area contributed by atoms with E-state index in [-0.39, 0.29) is 6.61 Å². The average molecular weight is 308 g/mol. The molecule has 0 radical (unpaired) electrons. The lowest BCUT2D eigenvalue weighted by Crippen LogP contribution is -2.58. The molecule has 6 heteroatoms. The van der Waals surface area contributed by atoms with Crippen LogP contribution >= 0.6 is 0 Å². The highest BCUT2D eigenvalue weighted by molar-refractivity contribution is 5.86. The van der Waals surface area contributed by atoms with E-state index < -0.39 is 17.5 Å². The molecule has 6 nitrogen and oxygen atoms in total. The maximum atomic E-state index is 11.8. The van der Waals surface area contributed by atoms with Crippen molar-refractivity contribution in [1.82, 2.24) is 10.6 Å². The largest absolute Gasteiger partial charge is 0.491 e. The first kappa shape index (κ1) is 17.8. The highest BCUT2D eigenvalue weighted by atomic mass is 16.5. The number of amides is 2. The summed E-state index contributed by atoms with van der Waals surface area (Å²) in [6.45, 7) is 3.86. The van der Waals surface area contributed by atoms with Gasteiger partial charge in [0, 0.05) is 6.54 Å². The summed E-state index contributed by atoms with van der Waals surface area (Å²) >= 11 is 0.